The molecule has 0 radical (unpaired) electrons. The predicted molar refractivity (Wildman–Crippen MR) is 183 cm³/mol. The van der Waals surface area contributed by atoms with Crippen LogP contribution in [0.3, 0.4) is 0 Å². The second kappa shape index (κ2) is 11.7. The van der Waals surface area contributed by atoms with Crippen LogP contribution in [0.5, 0.6) is 0 Å². The number of nitrogens with zero attached hydrogens (tertiary/aromatic N) is 2. The van der Waals surface area contributed by atoms with Crippen LogP contribution in [-0.4, -0.2) is 0 Å². The molecule has 43 heavy (non-hydrogen) atoms. The molecule has 2 aliphatic carbocycles. The molecule has 2 aliphatic rings. The van der Waals surface area contributed by atoms with Gasteiger partial charge in [-0.2, -0.15) is 0 Å². The zero-order valence-corrected chi connectivity index (χ0v) is 24.0. The van der Waals surface area contributed by atoms with Gasteiger partial charge in [0.05, 0.1) is 11.4 Å². The molecule has 206 valence electrons. The van der Waals surface area contributed by atoms with Crippen LogP contribution in [0.4, 0.5) is 28.4 Å². The maximum absolute atomic E-state index is 4.55. The van der Waals surface area contributed by atoms with Crippen molar-refractivity contribution in [1.82, 2.24) is 0 Å². The minimum Gasteiger partial charge on any atom is -0.310 e. The SMILES string of the molecule is C=C1C=Cc2ccc(N(c3ccccc3)c3ccccc3)c3c2CC(=CC=C1N(c1ccccc1)c1ccccc1)C=C3. The number of allylic oxidation sites excluding steroid dienone is 5. The highest BCUT2D eigenvalue weighted by atomic mass is 15.2. The number of anilines is 5. The van der Waals surface area contributed by atoms with Crippen molar-refractivity contribution in [3.63, 3.8) is 0 Å². The Morgan fingerprint density at radius 2 is 0.977 bits per heavy atom. The van der Waals surface area contributed by atoms with Crippen molar-refractivity contribution in [2.24, 2.45) is 0 Å². The molecule has 2 heteroatoms. The van der Waals surface area contributed by atoms with Crippen LogP contribution in [0.15, 0.2) is 181 Å². The fourth-order valence-electron chi connectivity index (χ4n) is 5.92. The van der Waals surface area contributed by atoms with E-state index in [0.717, 1.165) is 40.4 Å². The van der Waals surface area contributed by atoms with Crippen molar-refractivity contribution in [2.45, 2.75) is 6.42 Å². The van der Waals surface area contributed by atoms with Gasteiger partial charge in [-0.15, -0.1) is 0 Å². The fourth-order valence-corrected chi connectivity index (χ4v) is 5.92. The first-order valence-corrected chi connectivity index (χ1v) is 14.7. The Labute approximate surface area is 254 Å². The Morgan fingerprint density at radius 1 is 0.465 bits per heavy atom. The van der Waals surface area contributed by atoms with Crippen molar-refractivity contribution >= 4 is 40.6 Å². The molecule has 0 unspecified atom stereocenters. The van der Waals surface area contributed by atoms with Gasteiger partial charge in [0.15, 0.2) is 0 Å². The Bertz CT molecular complexity index is 1800. The summed E-state index contributed by atoms with van der Waals surface area (Å²) in [6, 6.07) is 46.7. The molecule has 2 nitrogen and oxygen atoms in total. The zero-order valence-electron chi connectivity index (χ0n) is 24.0. The molecule has 5 aromatic carbocycles. The maximum atomic E-state index is 4.55. The lowest BCUT2D eigenvalue weighted by Gasteiger charge is -2.30. The monoisotopic (exact) mass is 552 g/mol. The summed E-state index contributed by atoms with van der Waals surface area (Å²) >= 11 is 0. The smallest absolute Gasteiger partial charge is 0.0537 e. The van der Waals surface area contributed by atoms with Gasteiger partial charge in [-0.3, -0.25) is 0 Å². The zero-order chi connectivity index (χ0) is 29.0. The molecule has 0 saturated carbocycles. The summed E-state index contributed by atoms with van der Waals surface area (Å²) in [5.41, 5.74) is 12.7. The van der Waals surface area contributed by atoms with Gasteiger partial charge in [0.25, 0.3) is 0 Å². The van der Waals surface area contributed by atoms with E-state index in [4.69, 9.17) is 0 Å². The number of rotatable bonds is 6. The van der Waals surface area contributed by atoms with Crippen molar-refractivity contribution in [3.05, 3.63) is 198 Å². The van der Waals surface area contributed by atoms with Gasteiger partial charge >= 0.3 is 0 Å². The van der Waals surface area contributed by atoms with E-state index in [-0.39, 0.29) is 0 Å². The topological polar surface area (TPSA) is 6.48 Å². The van der Waals surface area contributed by atoms with Crippen LogP contribution < -0.4 is 9.80 Å². The number of benzene rings is 5. The van der Waals surface area contributed by atoms with Crippen LogP contribution in [0.2, 0.25) is 0 Å². The predicted octanol–water partition coefficient (Wildman–Crippen LogP) is 11.0. The molecule has 0 heterocycles. The Balaban J connectivity index is 1.35. The van der Waals surface area contributed by atoms with Crippen molar-refractivity contribution in [2.75, 3.05) is 9.80 Å². The summed E-state index contributed by atoms with van der Waals surface area (Å²) < 4.78 is 0. The summed E-state index contributed by atoms with van der Waals surface area (Å²) in [6.07, 6.45) is 14.2. The van der Waals surface area contributed by atoms with Crippen molar-refractivity contribution in [1.29, 1.82) is 0 Å². The van der Waals surface area contributed by atoms with E-state index in [9.17, 15) is 0 Å². The second-order valence-corrected chi connectivity index (χ2v) is 10.7. The lowest BCUT2D eigenvalue weighted by Crippen LogP contribution is -2.17. The third-order valence-corrected chi connectivity index (χ3v) is 8.00. The van der Waals surface area contributed by atoms with Gasteiger partial charge in [0.2, 0.25) is 0 Å². The first-order chi connectivity index (χ1) is 21.3. The summed E-state index contributed by atoms with van der Waals surface area (Å²) in [4.78, 5) is 4.64. The van der Waals surface area contributed by atoms with Gasteiger partial charge < -0.3 is 9.80 Å². The van der Waals surface area contributed by atoms with Gasteiger partial charge in [0.1, 0.15) is 0 Å². The summed E-state index contributed by atoms with van der Waals surface area (Å²) in [7, 11) is 0. The molecule has 0 fully saturated rings. The van der Waals surface area contributed by atoms with Gasteiger partial charge in [0, 0.05) is 28.3 Å². The number of fused-ring (bicyclic) bond motifs is 1. The lowest BCUT2D eigenvalue weighted by atomic mass is 9.87. The summed E-state index contributed by atoms with van der Waals surface area (Å²) in [5, 5.41) is 0. The third-order valence-electron chi connectivity index (χ3n) is 8.00. The molecular weight excluding hydrogens is 520 g/mol. The average Bonchev–Trinajstić information content (AvgIpc) is 3.07. The molecule has 7 rings (SSSR count). The van der Waals surface area contributed by atoms with E-state index in [1.165, 1.54) is 28.0 Å². The molecule has 0 amide bonds. The van der Waals surface area contributed by atoms with Gasteiger partial charge in [-0.1, -0.05) is 116 Å². The Morgan fingerprint density at radius 3 is 1.51 bits per heavy atom. The summed E-state index contributed by atoms with van der Waals surface area (Å²) in [5.74, 6) is 0. The standard InChI is InChI=1S/C41H32N2/c1-31-22-25-33-26-29-41(43(36-18-10-4-11-19-36)37-20-12-5-13-21-37)38-27-23-32(30-39(33)38)24-28-40(31)42(34-14-6-2-7-15-34)35-16-8-3-9-17-35/h2-29H,1,30H2. The minimum atomic E-state index is 0.851. The Kier molecular flexibility index (Phi) is 7.17. The number of hydrogen-bond acceptors (Lipinski definition) is 2. The van der Waals surface area contributed by atoms with Crippen molar-refractivity contribution in [3.8, 4) is 0 Å². The van der Waals surface area contributed by atoms with Gasteiger partial charge in [-0.05, 0) is 89.4 Å². The molecule has 0 aromatic heterocycles. The molecule has 0 saturated heterocycles. The first-order valence-electron chi connectivity index (χ1n) is 14.7. The van der Waals surface area contributed by atoms with Crippen LogP contribution in [-0.2, 0) is 6.42 Å². The van der Waals surface area contributed by atoms with E-state index in [0.29, 0.717) is 0 Å². The van der Waals surface area contributed by atoms with E-state index in [1.807, 2.05) is 0 Å². The van der Waals surface area contributed by atoms with Crippen LogP contribution in [0.1, 0.15) is 16.7 Å². The third kappa shape index (κ3) is 5.27. The molecule has 0 spiro atoms. The molecule has 2 bridgehead atoms. The highest BCUT2D eigenvalue weighted by Gasteiger charge is 2.22. The fraction of sp³-hybridized carbons (Fsp3) is 0.0244. The van der Waals surface area contributed by atoms with Crippen molar-refractivity contribution < 1.29 is 0 Å². The maximum Gasteiger partial charge on any atom is 0.0537 e. The quantitative estimate of drug-likeness (QED) is 0.207. The molecule has 0 aliphatic heterocycles. The molecular formula is C41H32N2. The number of para-hydroxylation sites is 4. The van der Waals surface area contributed by atoms with E-state index in [1.54, 1.807) is 0 Å². The average molecular weight is 553 g/mol. The molecule has 0 atom stereocenters. The largest absolute Gasteiger partial charge is 0.310 e. The van der Waals surface area contributed by atoms with E-state index >= 15 is 0 Å². The van der Waals surface area contributed by atoms with Crippen LogP contribution >= 0.6 is 0 Å². The normalized spacial score (nSPS) is 13.6. The lowest BCUT2D eigenvalue weighted by molar-refractivity contribution is 1.14. The summed E-state index contributed by atoms with van der Waals surface area (Å²) in [6.45, 7) is 4.55. The van der Waals surface area contributed by atoms with Crippen LogP contribution in [0.25, 0.3) is 12.2 Å². The molecule has 0 N–H and O–H groups in total. The highest BCUT2D eigenvalue weighted by Crippen LogP contribution is 2.42. The second-order valence-electron chi connectivity index (χ2n) is 10.7. The minimum absolute atomic E-state index is 0.851. The highest BCUT2D eigenvalue weighted by molar-refractivity contribution is 5.87. The van der Waals surface area contributed by atoms with E-state index in [2.05, 4.69) is 186 Å². The number of hydrogen-bond donors (Lipinski definition) is 0. The van der Waals surface area contributed by atoms with E-state index < -0.39 is 0 Å². The van der Waals surface area contributed by atoms with Gasteiger partial charge in [-0.25, -0.2) is 0 Å². The first kappa shape index (κ1) is 26.3. The van der Waals surface area contributed by atoms with Crippen LogP contribution in [0, 0.1) is 0 Å². The molecule has 5 aromatic rings. The Hall–Kier alpha value is -5.60.